The van der Waals surface area contributed by atoms with Gasteiger partial charge in [0.25, 0.3) is 5.91 Å². The molecule has 1 amide bonds. The predicted molar refractivity (Wildman–Crippen MR) is 136 cm³/mol. The van der Waals surface area contributed by atoms with E-state index in [4.69, 9.17) is 9.84 Å². The maximum atomic E-state index is 13.4. The summed E-state index contributed by atoms with van der Waals surface area (Å²) in [7, 11) is -1.73. The van der Waals surface area contributed by atoms with E-state index in [1.807, 2.05) is 18.9 Å². The first-order chi connectivity index (χ1) is 16.9. The lowest BCUT2D eigenvalue weighted by Crippen LogP contribution is -2.49. The summed E-state index contributed by atoms with van der Waals surface area (Å²) in [5.41, 5.74) is 1.52. The minimum absolute atomic E-state index is 0.152. The van der Waals surface area contributed by atoms with Crippen LogP contribution in [0.4, 0.5) is 5.69 Å². The Labute approximate surface area is 211 Å². The van der Waals surface area contributed by atoms with E-state index >= 15 is 0 Å². The first-order valence-corrected chi connectivity index (χ1v) is 13.5. The van der Waals surface area contributed by atoms with Gasteiger partial charge in [0, 0.05) is 25.6 Å². The van der Waals surface area contributed by atoms with Gasteiger partial charge in [-0.25, -0.2) is 13.2 Å². The zero-order valence-electron chi connectivity index (χ0n) is 20.8. The number of rotatable bonds is 9. The second-order valence-corrected chi connectivity index (χ2v) is 11.1. The van der Waals surface area contributed by atoms with Crippen molar-refractivity contribution in [1.82, 2.24) is 9.80 Å². The number of nitrogens with zero attached hydrogens (tertiary/aromatic N) is 2. The van der Waals surface area contributed by atoms with Gasteiger partial charge in [0.05, 0.1) is 35.7 Å². The summed E-state index contributed by atoms with van der Waals surface area (Å²) in [6.45, 7) is 4.81. The second kappa shape index (κ2) is 11.3. The van der Waals surface area contributed by atoms with E-state index in [1.54, 1.807) is 54.3 Å². The number of aliphatic hydroxyl groups is 1. The molecule has 1 aliphatic rings. The number of fused-ring (bicyclic) bond motifs is 1. The number of carbonyl (C=O) groups excluding carboxylic acids is 1. The molecule has 0 aliphatic carbocycles. The monoisotopic (exact) mass is 519 g/mol. The van der Waals surface area contributed by atoms with Crippen molar-refractivity contribution >= 4 is 27.6 Å². The molecule has 0 unspecified atom stereocenters. The predicted octanol–water partition coefficient (Wildman–Crippen LogP) is 2.11. The van der Waals surface area contributed by atoms with Crippen LogP contribution in [-0.4, -0.2) is 85.5 Å². The van der Waals surface area contributed by atoms with E-state index in [2.05, 4.69) is 4.72 Å². The average molecular weight is 520 g/mol. The van der Waals surface area contributed by atoms with Crippen molar-refractivity contribution in [3.05, 3.63) is 59.2 Å². The Hall–Kier alpha value is -3.15. The number of hydrogen-bond acceptors (Lipinski definition) is 7. The maximum absolute atomic E-state index is 13.4. The summed E-state index contributed by atoms with van der Waals surface area (Å²) in [4.78, 5) is 28.1. The first-order valence-electron chi connectivity index (χ1n) is 11.6. The van der Waals surface area contributed by atoms with E-state index < -0.39 is 28.1 Å². The van der Waals surface area contributed by atoms with Gasteiger partial charge in [-0.15, -0.1) is 0 Å². The number of aromatic carboxylic acids is 1. The van der Waals surface area contributed by atoms with Crippen LogP contribution in [0.25, 0.3) is 0 Å². The van der Waals surface area contributed by atoms with Crippen LogP contribution in [0.15, 0.2) is 42.5 Å². The number of likely N-dealkylation sites (N-methyl/N-ethyl adjacent to an activating group) is 1. The summed E-state index contributed by atoms with van der Waals surface area (Å²) in [6.07, 6.45) is 0.608. The summed E-state index contributed by atoms with van der Waals surface area (Å²) >= 11 is 0. The minimum Gasteiger partial charge on any atom is -0.486 e. The number of aliphatic hydroxyl groups excluding tert-OH is 1. The van der Waals surface area contributed by atoms with Gasteiger partial charge < -0.3 is 19.8 Å². The van der Waals surface area contributed by atoms with Crippen LogP contribution in [-0.2, 0) is 16.6 Å². The first kappa shape index (κ1) is 27.4. The van der Waals surface area contributed by atoms with Gasteiger partial charge in [0.1, 0.15) is 6.10 Å². The van der Waals surface area contributed by atoms with E-state index in [1.165, 1.54) is 0 Å². The van der Waals surface area contributed by atoms with E-state index in [-0.39, 0.29) is 41.0 Å². The number of para-hydroxylation sites is 1. The molecule has 1 heterocycles. The van der Waals surface area contributed by atoms with Crippen molar-refractivity contribution in [2.24, 2.45) is 5.92 Å². The lowest BCUT2D eigenvalue weighted by atomic mass is 9.99. The van der Waals surface area contributed by atoms with Crippen LogP contribution < -0.4 is 9.46 Å². The highest BCUT2D eigenvalue weighted by molar-refractivity contribution is 7.92. The normalized spacial score (nSPS) is 19.2. The van der Waals surface area contributed by atoms with Crippen molar-refractivity contribution in [3.8, 4) is 5.75 Å². The third-order valence-corrected chi connectivity index (χ3v) is 6.72. The molecule has 196 valence electrons. The molecule has 3 N–H and O–H groups in total. The number of ether oxygens (including phenoxy) is 1. The van der Waals surface area contributed by atoms with E-state index in [9.17, 15) is 23.1 Å². The Morgan fingerprint density at radius 2 is 1.92 bits per heavy atom. The molecule has 2 aromatic rings. The van der Waals surface area contributed by atoms with Gasteiger partial charge in [-0.05, 0) is 43.8 Å². The Morgan fingerprint density at radius 1 is 1.25 bits per heavy atom. The molecule has 1 aliphatic heterocycles. The number of carboxylic acids is 1. The van der Waals surface area contributed by atoms with Crippen molar-refractivity contribution in [1.29, 1.82) is 0 Å². The van der Waals surface area contributed by atoms with Crippen LogP contribution in [0.3, 0.4) is 0 Å². The van der Waals surface area contributed by atoms with Crippen molar-refractivity contribution in [3.63, 3.8) is 0 Å². The van der Waals surface area contributed by atoms with Gasteiger partial charge in [-0.1, -0.05) is 25.1 Å². The molecule has 0 bridgehead atoms. The van der Waals surface area contributed by atoms with Gasteiger partial charge >= 0.3 is 5.97 Å². The Kier molecular flexibility index (Phi) is 8.59. The van der Waals surface area contributed by atoms with Crippen molar-refractivity contribution in [2.75, 3.05) is 37.7 Å². The SMILES string of the molecule is C[C@H]1CN([C@@H](C)CO)C(=O)c2cccc(NS(C)(=O)=O)c2O[C@H]1CN(C)Cc1ccc(C(=O)O)cc1. The van der Waals surface area contributed by atoms with Gasteiger partial charge in [0.2, 0.25) is 10.0 Å². The zero-order chi connectivity index (χ0) is 26.6. The van der Waals surface area contributed by atoms with Gasteiger partial charge in [0.15, 0.2) is 5.75 Å². The number of carbonyl (C=O) groups is 2. The number of carboxylic acid groups (broad SMARTS) is 1. The fraction of sp³-hybridized carbons (Fsp3) is 0.440. The molecule has 0 saturated carbocycles. The highest BCUT2D eigenvalue weighted by Crippen LogP contribution is 2.35. The fourth-order valence-corrected chi connectivity index (χ4v) is 4.74. The molecule has 3 rings (SSSR count). The third kappa shape index (κ3) is 6.74. The summed E-state index contributed by atoms with van der Waals surface area (Å²) in [5, 5.41) is 18.9. The molecule has 0 radical (unpaired) electrons. The summed E-state index contributed by atoms with van der Waals surface area (Å²) in [6, 6.07) is 10.9. The van der Waals surface area contributed by atoms with Crippen LogP contribution in [0.2, 0.25) is 0 Å². The topological polar surface area (TPSA) is 136 Å². The van der Waals surface area contributed by atoms with E-state index in [0.717, 1.165) is 11.8 Å². The molecule has 0 aromatic heterocycles. The summed E-state index contributed by atoms with van der Waals surface area (Å²) < 4.78 is 32.8. The quantitative estimate of drug-likeness (QED) is 0.458. The highest BCUT2D eigenvalue weighted by Gasteiger charge is 2.34. The molecule has 0 fully saturated rings. The smallest absolute Gasteiger partial charge is 0.335 e. The van der Waals surface area contributed by atoms with Gasteiger partial charge in [-0.3, -0.25) is 14.4 Å². The van der Waals surface area contributed by atoms with E-state index in [0.29, 0.717) is 19.6 Å². The average Bonchev–Trinajstić information content (AvgIpc) is 2.80. The molecular formula is C25H33N3O7S. The second-order valence-electron chi connectivity index (χ2n) is 9.38. The number of benzene rings is 2. The minimum atomic E-state index is -3.64. The molecule has 10 nitrogen and oxygen atoms in total. The Morgan fingerprint density at radius 3 is 2.50 bits per heavy atom. The van der Waals surface area contributed by atoms with Crippen LogP contribution in [0.1, 0.15) is 40.1 Å². The lowest BCUT2D eigenvalue weighted by Gasteiger charge is -2.38. The standard InChI is InChI=1S/C25H33N3O7S/c1-16-12-28(17(2)15-29)24(30)20-6-5-7-21(26-36(4,33)34)23(20)35-22(16)14-27(3)13-18-8-10-19(11-9-18)25(31)32/h5-11,16-17,22,26,29H,12-15H2,1-4H3,(H,31,32)/t16-,17-,22-/m0/s1. The molecular weight excluding hydrogens is 486 g/mol. The largest absolute Gasteiger partial charge is 0.486 e. The number of hydrogen-bond donors (Lipinski definition) is 3. The fourth-order valence-electron chi connectivity index (χ4n) is 4.18. The lowest BCUT2D eigenvalue weighted by molar-refractivity contribution is 0.0344. The van der Waals surface area contributed by atoms with Crippen LogP contribution in [0.5, 0.6) is 5.75 Å². The maximum Gasteiger partial charge on any atom is 0.335 e. The molecule has 36 heavy (non-hydrogen) atoms. The third-order valence-electron chi connectivity index (χ3n) is 6.13. The molecule has 0 saturated heterocycles. The van der Waals surface area contributed by atoms with Crippen molar-refractivity contribution < 1.29 is 33.0 Å². The molecule has 0 spiro atoms. The number of anilines is 1. The van der Waals surface area contributed by atoms with Gasteiger partial charge in [-0.2, -0.15) is 0 Å². The number of amides is 1. The highest BCUT2D eigenvalue weighted by atomic mass is 32.2. The molecule has 2 aromatic carbocycles. The van der Waals surface area contributed by atoms with Crippen LogP contribution >= 0.6 is 0 Å². The van der Waals surface area contributed by atoms with Crippen LogP contribution in [0, 0.1) is 5.92 Å². The Bertz CT molecular complexity index is 1200. The number of nitrogens with one attached hydrogen (secondary N) is 1. The molecule has 11 heteroatoms. The summed E-state index contributed by atoms with van der Waals surface area (Å²) in [5.74, 6) is -1.33. The Balaban J connectivity index is 1.93. The molecule has 3 atom stereocenters. The number of sulfonamides is 1. The van der Waals surface area contributed by atoms with Crippen molar-refractivity contribution in [2.45, 2.75) is 32.5 Å². The zero-order valence-corrected chi connectivity index (χ0v) is 21.7.